The van der Waals surface area contributed by atoms with Crippen LogP contribution in [0.4, 0.5) is 4.79 Å². The normalized spacial score (nSPS) is 23.4. The summed E-state index contributed by atoms with van der Waals surface area (Å²) in [5.74, 6) is 0. The SMILES string of the molecule is CC(C)OC(=O)N1CCC(N2CCCC2)CC1. The van der Waals surface area contributed by atoms with Gasteiger partial charge in [-0.3, -0.25) is 0 Å². The van der Waals surface area contributed by atoms with Gasteiger partial charge >= 0.3 is 6.09 Å². The molecule has 0 N–H and O–H groups in total. The smallest absolute Gasteiger partial charge is 0.410 e. The molecule has 0 aromatic heterocycles. The monoisotopic (exact) mass is 240 g/mol. The van der Waals surface area contributed by atoms with Gasteiger partial charge in [-0.05, 0) is 52.6 Å². The molecule has 2 heterocycles. The maximum atomic E-state index is 11.7. The molecule has 0 aliphatic carbocycles. The second-order valence-corrected chi connectivity index (χ2v) is 5.39. The van der Waals surface area contributed by atoms with Gasteiger partial charge in [-0.15, -0.1) is 0 Å². The van der Waals surface area contributed by atoms with Gasteiger partial charge in [-0.2, -0.15) is 0 Å². The average molecular weight is 240 g/mol. The van der Waals surface area contributed by atoms with Crippen molar-refractivity contribution in [2.24, 2.45) is 0 Å². The zero-order valence-corrected chi connectivity index (χ0v) is 11.0. The topological polar surface area (TPSA) is 32.8 Å². The molecule has 0 bridgehead atoms. The maximum Gasteiger partial charge on any atom is 0.410 e. The van der Waals surface area contributed by atoms with Crippen molar-refractivity contribution >= 4 is 6.09 Å². The van der Waals surface area contributed by atoms with Gasteiger partial charge in [-0.1, -0.05) is 0 Å². The van der Waals surface area contributed by atoms with E-state index < -0.39 is 0 Å². The summed E-state index contributed by atoms with van der Waals surface area (Å²) in [6.07, 6.45) is 4.74. The number of hydrogen-bond donors (Lipinski definition) is 0. The molecule has 2 rings (SSSR count). The van der Waals surface area contributed by atoms with E-state index in [0.717, 1.165) is 25.9 Å². The molecule has 0 aromatic rings. The van der Waals surface area contributed by atoms with Crippen LogP contribution in [0.25, 0.3) is 0 Å². The summed E-state index contributed by atoms with van der Waals surface area (Å²) in [6.45, 7) is 8.01. The van der Waals surface area contributed by atoms with Crippen LogP contribution in [0.3, 0.4) is 0 Å². The minimum Gasteiger partial charge on any atom is -0.447 e. The highest BCUT2D eigenvalue weighted by molar-refractivity contribution is 5.67. The summed E-state index contributed by atoms with van der Waals surface area (Å²) in [5.41, 5.74) is 0. The van der Waals surface area contributed by atoms with E-state index in [1.54, 1.807) is 0 Å². The number of carbonyl (C=O) groups is 1. The van der Waals surface area contributed by atoms with Crippen LogP contribution in [0, 0.1) is 0 Å². The first-order valence-electron chi connectivity index (χ1n) is 6.86. The van der Waals surface area contributed by atoms with Crippen molar-refractivity contribution < 1.29 is 9.53 Å². The third-order valence-corrected chi connectivity index (χ3v) is 3.72. The number of ether oxygens (including phenoxy) is 1. The van der Waals surface area contributed by atoms with Crippen molar-refractivity contribution in [3.8, 4) is 0 Å². The van der Waals surface area contributed by atoms with E-state index in [9.17, 15) is 4.79 Å². The quantitative estimate of drug-likeness (QED) is 0.741. The van der Waals surface area contributed by atoms with Crippen molar-refractivity contribution in [1.82, 2.24) is 9.80 Å². The van der Waals surface area contributed by atoms with Crippen LogP contribution in [-0.4, -0.2) is 54.2 Å². The summed E-state index contributed by atoms with van der Waals surface area (Å²) in [6, 6.07) is 0.695. The van der Waals surface area contributed by atoms with Crippen molar-refractivity contribution in [1.29, 1.82) is 0 Å². The Balaban J connectivity index is 1.75. The molecule has 98 valence electrons. The summed E-state index contributed by atoms with van der Waals surface area (Å²) in [5, 5.41) is 0. The third-order valence-electron chi connectivity index (χ3n) is 3.72. The van der Waals surface area contributed by atoms with Crippen LogP contribution in [0.15, 0.2) is 0 Å². The van der Waals surface area contributed by atoms with Crippen LogP contribution >= 0.6 is 0 Å². The number of carbonyl (C=O) groups excluding carboxylic acids is 1. The fourth-order valence-corrected chi connectivity index (χ4v) is 2.80. The molecule has 0 spiro atoms. The lowest BCUT2D eigenvalue weighted by Crippen LogP contribution is -2.46. The molecule has 0 unspecified atom stereocenters. The van der Waals surface area contributed by atoms with Crippen molar-refractivity contribution in [3.05, 3.63) is 0 Å². The molecular weight excluding hydrogens is 216 g/mol. The molecule has 0 atom stereocenters. The van der Waals surface area contributed by atoms with E-state index in [1.165, 1.54) is 25.9 Å². The molecule has 2 saturated heterocycles. The van der Waals surface area contributed by atoms with Gasteiger partial charge in [0.15, 0.2) is 0 Å². The number of nitrogens with zero attached hydrogens (tertiary/aromatic N) is 2. The van der Waals surface area contributed by atoms with Crippen molar-refractivity contribution in [2.45, 2.75) is 51.7 Å². The Morgan fingerprint density at radius 1 is 1.12 bits per heavy atom. The summed E-state index contributed by atoms with van der Waals surface area (Å²) < 4.78 is 5.22. The summed E-state index contributed by atoms with van der Waals surface area (Å²) in [7, 11) is 0. The zero-order valence-electron chi connectivity index (χ0n) is 11.0. The summed E-state index contributed by atoms with van der Waals surface area (Å²) >= 11 is 0. The second kappa shape index (κ2) is 5.71. The van der Waals surface area contributed by atoms with E-state index in [0.29, 0.717) is 6.04 Å². The molecule has 0 saturated carbocycles. The second-order valence-electron chi connectivity index (χ2n) is 5.39. The van der Waals surface area contributed by atoms with Gasteiger partial charge in [-0.25, -0.2) is 4.79 Å². The van der Waals surface area contributed by atoms with Crippen LogP contribution < -0.4 is 0 Å². The van der Waals surface area contributed by atoms with E-state index in [4.69, 9.17) is 4.74 Å². The first-order chi connectivity index (χ1) is 8.16. The molecule has 2 aliphatic rings. The van der Waals surface area contributed by atoms with Gasteiger partial charge in [0.2, 0.25) is 0 Å². The molecular formula is C13H24N2O2. The third kappa shape index (κ3) is 3.35. The Hall–Kier alpha value is -0.770. The minimum atomic E-state index is -0.139. The number of amides is 1. The lowest BCUT2D eigenvalue weighted by molar-refractivity contribution is 0.0584. The Labute approximate surface area is 104 Å². The molecule has 2 fully saturated rings. The lowest BCUT2D eigenvalue weighted by Gasteiger charge is -2.36. The van der Waals surface area contributed by atoms with E-state index in [-0.39, 0.29) is 12.2 Å². The first kappa shape index (κ1) is 12.7. The number of likely N-dealkylation sites (tertiary alicyclic amines) is 2. The average Bonchev–Trinajstić information content (AvgIpc) is 2.82. The van der Waals surface area contributed by atoms with Gasteiger partial charge in [0.1, 0.15) is 0 Å². The van der Waals surface area contributed by atoms with E-state index in [1.807, 2.05) is 18.7 Å². The fraction of sp³-hybridized carbons (Fsp3) is 0.923. The van der Waals surface area contributed by atoms with Crippen LogP contribution in [0.2, 0.25) is 0 Å². The van der Waals surface area contributed by atoms with Crippen LogP contribution in [-0.2, 0) is 4.74 Å². The Morgan fingerprint density at radius 3 is 2.24 bits per heavy atom. The first-order valence-corrected chi connectivity index (χ1v) is 6.86. The highest BCUT2D eigenvalue weighted by Gasteiger charge is 2.28. The Morgan fingerprint density at radius 2 is 1.71 bits per heavy atom. The molecule has 1 amide bonds. The van der Waals surface area contributed by atoms with Crippen molar-refractivity contribution in [3.63, 3.8) is 0 Å². The molecule has 17 heavy (non-hydrogen) atoms. The van der Waals surface area contributed by atoms with Gasteiger partial charge in [0, 0.05) is 19.1 Å². The van der Waals surface area contributed by atoms with E-state index in [2.05, 4.69) is 4.90 Å². The predicted molar refractivity (Wildman–Crippen MR) is 67.0 cm³/mol. The highest BCUT2D eigenvalue weighted by Crippen LogP contribution is 2.21. The van der Waals surface area contributed by atoms with Gasteiger partial charge in [0.05, 0.1) is 6.10 Å². The number of piperidine rings is 1. The summed E-state index contributed by atoms with van der Waals surface area (Å²) in [4.78, 5) is 16.2. The fourth-order valence-electron chi connectivity index (χ4n) is 2.80. The van der Waals surface area contributed by atoms with E-state index >= 15 is 0 Å². The minimum absolute atomic E-state index is 0.0150. The highest BCUT2D eigenvalue weighted by atomic mass is 16.6. The largest absolute Gasteiger partial charge is 0.447 e. The zero-order chi connectivity index (χ0) is 12.3. The molecule has 0 radical (unpaired) electrons. The standard InChI is InChI=1S/C13H24N2O2/c1-11(2)17-13(16)15-9-5-12(6-10-15)14-7-3-4-8-14/h11-12H,3-10H2,1-2H3. The number of rotatable bonds is 2. The maximum absolute atomic E-state index is 11.7. The lowest BCUT2D eigenvalue weighted by atomic mass is 10.0. The van der Waals surface area contributed by atoms with Gasteiger partial charge in [0.25, 0.3) is 0 Å². The molecule has 4 heteroatoms. The molecule has 4 nitrogen and oxygen atoms in total. The van der Waals surface area contributed by atoms with Crippen LogP contribution in [0.1, 0.15) is 39.5 Å². The van der Waals surface area contributed by atoms with Crippen molar-refractivity contribution in [2.75, 3.05) is 26.2 Å². The predicted octanol–water partition coefficient (Wildman–Crippen LogP) is 2.09. The van der Waals surface area contributed by atoms with Crippen LogP contribution in [0.5, 0.6) is 0 Å². The molecule has 2 aliphatic heterocycles. The van der Waals surface area contributed by atoms with Gasteiger partial charge < -0.3 is 14.5 Å². The number of hydrogen-bond acceptors (Lipinski definition) is 3. The Bertz CT molecular complexity index is 254. The molecule has 0 aromatic carbocycles. The Kier molecular flexibility index (Phi) is 4.26.